The molecule has 10 heteroatoms. The maximum absolute atomic E-state index is 12.8. The van der Waals surface area contributed by atoms with E-state index in [2.05, 4.69) is 21.3 Å². The van der Waals surface area contributed by atoms with Gasteiger partial charge in [-0.05, 0) is 88.3 Å². The summed E-state index contributed by atoms with van der Waals surface area (Å²) in [5.41, 5.74) is 3.26. The van der Waals surface area contributed by atoms with Crippen LogP contribution in [0.4, 0.5) is 0 Å². The second kappa shape index (κ2) is 21.6. The molecule has 0 aromatic heterocycles. The van der Waals surface area contributed by atoms with Crippen LogP contribution < -0.4 is 21.3 Å². The fourth-order valence-electron chi connectivity index (χ4n) is 5.11. The lowest BCUT2D eigenvalue weighted by Gasteiger charge is -2.11. The third kappa shape index (κ3) is 12.9. The fourth-order valence-corrected chi connectivity index (χ4v) is 5.11. The highest BCUT2D eigenvalue weighted by Gasteiger charge is 2.14. The summed E-state index contributed by atoms with van der Waals surface area (Å²) >= 11 is 0. The molecule has 0 aliphatic carbocycles. The van der Waals surface area contributed by atoms with Gasteiger partial charge in [-0.25, -0.2) is 9.59 Å². The molecular weight excluding hydrogens is 632 g/mol. The van der Waals surface area contributed by atoms with E-state index in [1.54, 1.807) is 84.9 Å². The van der Waals surface area contributed by atoms with Crippen LogP contribution in [0, 0.1) is 0 Å². The Bertz CT molecular complexity index is 1530. The van der Waals surface area contributed by atoms with Crippen molar-refractivity contribution in [3.8, 4) is 0 Å². The Kier molecular flexibility index (Phi) is 16.2. The molecule has 262 valence electrons. The molecule has 4 N–H and O–H groups in total. The number of esters is 2. The van der Waals surface area contributed by atoms with Crippen molar-refractivity contribution in [1.82, 2.24) is 21.3 Å². The summed E-state index contributed by atoms with van der Waals surface area (Å²) < 4.78 is 10.8. The lowest BCUT2D eigenvalue weighted by molar-refractivity contribution is 0.0462. The Morgan fingerprint density at radius 1 is 0.420 bits per heavy atom. The van der Waals surface area contributed by atoms with Crippen LogP contribution in [0.1, 0.15) is 78.2 Å². The number of hydrogen-bond acceptors (Lipinski definition) is 8. The van der Waals surface area contributed by atoms with Crippen LogP contribution >= 0.6 is 0 Å². The molecule has 0 saturated carbocycles. The number of carbonyl (C=O) groups is 4. The van der Waals surface area contributed by atoms with Crippen LogP contribution in [0.15, 0.2) is 109 Å². The van der Waals surface area contributed by atoms with E-state index in [-0.39, 0.29) is 25.0 Å². The molecule has 0 saturated heterocycles. The minimum absolute atomic E-state index is 0.0244. The van der Waals surface area contributed by atoms with Gasteiger partial charge in [0.25, 0.3) is 11.8 Å². The second-order valence-corrected chi connectivity index (χ2v) is 11.6. The van der Waals surface area contributed by atoms with Crippen molar-refractivity contribution in [2.24, 2.45) is 0 Å². The highest BCUT2D eigenvalue weighted by Crippen LogP contribution is 2.13. The third-order valence-electron chi connectivity index (χ3n) is 7.85. The summed E-state index contributed by atoms with van der Waals surface area (Å²) in [6, 6.07) is 31.8. The average molecular weight is 679 g/mol. The zero-order valence-electron chi connectivity index (χ0n) is 28.3. The molecule has 0 bridgehead atoms. The number of rotatable bonds is 21. The Balaban J connectivity index is 0.989. The third-order valence-corrected chi connectivity index (χ3v) is 7.85. The van der Waals surface area contributed by atoms with E-state index in [0.717, 1.165) is 51.9 Å². The van der Waals surface area contributed by atoms with E-state index in [1.165, 1.54) is 0 Å². The number of amides is 2. The first kappa shape index (κ1) is 37.5. The molecule has 0 spiro atoms. The molecule has 10 nitrogen and oxygen atoms in total. The van der Waals surface area contributed by atoms with Crippen LogP contribution in [-0.4, -0.2) is 63.0 Å². The topological polar surface area (TPSA) is 135 Å². The molecule has 4 aromatic carbocycles. The molecule has 0 radical (unpaired) electrons. The van der Waals surface area contributed by atoms with Crippen LogP contribution in [0.5, 0.6) is 0 Å². The van der Waals surface area contributed by atoms with E-state index in [0.29, 0.717) is 46.5 Å². The van der Waals surface area contributed by atoms with Gasteiger partial charge in [0.1, 0.15) is 13.2 Å². The van der Waals surface area contributed by atoms with Crippen LogP contribution in [0.2, 0.25) is 0 Å². The summed E-state index contributed by atoms with van der Waals surface area (Å²) in [4.78, 5) is 50.1. The van der Waals surface area contributed by atoms with Crippen molar-refractivity contribution in [3.05, 3.63) is 143 Å². The zero-order valence-corrected chi connectivity index (χ0v) is 28.3. The van der Waals surface area contributed by atoms with E-state index in [1.807, 2.05) is 24.3 Å². The molecule has 0 heterocycles. The SMILES string of the molecule is O=C(OCc1ccccc1C(=O)NCCCNCCCCNCCCNC(=O)c1ccccc1COC(=O)c1ccccc1)c1ccccc1. The summed E-state index contributed by atoms with van der Waals surface area (Å²) in [6.45, 7) is 4.49. The predicted molar refractivity (Wildman–Crippen MR) is 193 cm³/mol. The molecule has 0 unspecified atom stereocenters. The largest absolute Gasteiger partial charge is 0.457 e. The lowest BCUT2D eigenvalue weighted by Crippen LogP contribution is -2.29. The lowest BCUT2D eigenvalue weighted by atomic mass is 10.1. The fraction of sp³-hybridized carbons (Fsp3) is 0.300. The van der Waals surface area contributed by atoms with Crippen molar-refractivity contribution in [1.29, 1.82) is 0 Å². The molecule has 0 atom stereocenters. The molecule has 0 aliphatic rings. The highest BCUT2D eigenvalue weighted by atomic mass is 16.5. The highest BCUT2D eigenvalue weighted by molar-refractivity contribution is 5.96. The quantitative estimate of drug-likeness (QED) is 0.0690. The molecule has 0 aliphatic heterocycles. The number of nitrogens with one attached hydrogen (secondary N) is 4. The van der Waals surface area contributed by atoms with E-state index >= 15 is 0 Å². The van der Waals surface area contributed by atoms with E-state index < -0.39 is 11.9 Å². The van der Waals surface area contributed by atoms with Crippen molar-refractivity contribution in [2.45, 2.75) is 38.9 Å². The Morgan fingerprint density at radius 3 is 1.20 bits per heavy atom. The van der Waals surface area contributed by atoms with Crippen molar-refractivity contribution in [2.75, 3.05) is 39.3 Å². The Morgan fingerprint density at radius 2 is 0.780 bits per heavy atom. The Hall–Kier alpha value is -5.32. The van der Waals surface area contributed by atoms with Crippen LogP contribution in [0.25, 0.3) is 0 Å². The smallest absolute Gasteiger partial charge is 0.338 e. The zero-order chi connectivity index (χ0) is 35.2. The summed E-state index contributed by atoms with van der Waals surface area (Å²) in [5, 5.41) is 12.7. The van der Waals surface area contributed by atoms with E-state index in [9.17, 15) is 19.2 Å². The average Bonchev–Trinajstić information content (AvgIpc) is 3.16. The number of carbonyl (C=O) groups excluding carboxylic acids is 4. The monoisotopic (exact) mass is 678 g/mol. The molecule has 4 rings (SSSR count). The van der Waals surface area contributed by atoms with Gasteiger partial charge in [0.2, 0.25) is 0 Å². The summed E-state index contributed by atoms with van der Waals surface area (Å²) in [7, 11) is 0. The van der Waals surface area contributed by atoms with Gasteiger partial charge < -0.3 is 30.7 Å². The summed E-state index contributed by atoms with van der Waals surface area (Å²) in [5.74, 6) is -1.22. The van der Waals surface area contributed by atoms with Gasteiger partial charge in [-0.3, -0.25) is 9.59 Å². The van der Waals surface area contributed by atoms with E-state index in [4.69, 9.17) is 9.47 Å². The van der Waals surface area contributed by atoms with Gasteiger partial charge in [-0.1, -0.05) is 72.8 Å². The maximum atomic E-state index is 12.8. The van der Waals surface area contributed by atoms with Crippen molar-refractivity contribution >= 4 is 23.8 Å². The van der Waals surface area contributed by atoms with Crippen molar-refractivity contribution < 1.29 is 28.7 Å². The second-order valence-electron chi connectivity index (χ2n) is 11.6. The molecular formula is C40H46N4O6. The first-order valence-electron chi connectivity index (χ1n) is 17.1. The molecule has 2 amide bonds. The van der Waals surface area contributed by atoms with Gasteiger partial charge in [0.15, 0.2) is 0 Å². The first-order valence-corrected chi connectivity index (χ1v) is 17.1. The van der Waals surface area contributed by atoms with Gasteiger partial charge >= 0.3 is 11.9 Å². The van der Waals surface area contributed by atoms with Crippen LogP contribution in [0.3, 0.4) is 0 Å². The van der Waals surface area contributed by atoms with Crippen molar-refractivity contribution in [3.63, 3.8) is 0 Å². The number of unbranched alkanes of at least 4 members (excludes halogenated alkanes) is 1. The normalized spacial score (nSPS) is 10.6. The molecule has 0 fully saturated rings. The number of hydrogen-bond donors (Lipinski definition) is 4. The summed E-state index contributed by atoms with van der Waals surface area (Å²) in [6.07, 6.45) is 3.64. The maximum Gasteiger partial charge on any atom is 0.338 e. The number of benzene rings is 4. The predicted octanol–water partition coefficient (Wildman–Crippen LogP) is 5.30. The minimum Gasteiger partial charge on any atom is -0.457 e. The van der Waals surface area contributed by atoms with Gasteiger partial charge in [0.05, 0.1) is 11.1 Å². The van der Waals surface area contributed by atoms with Gasteiger partial charge in [-0.15, -0.1) is 0 Å². The standard InChI is InChI=1S/C40H46N4O6/c45-37(35-21-9-7-19-33(35)29-49-39(47)31-15-3-1-4-16-31)43-27-13-25-41-23-11-12-24-42-26-14-28-44-38(46)36-22-10-8-20-34(36)30-50-40(48)32-17-5-2-6-18-32/h1-10,15-22,41-42H,11-14,23-30H2,(H,43,45)(H,44,46). The van der Waals surface area contributed by atoms with Crippen LogP contribution in [-0.2, 0) is 22.7 Å². The Labute approximate surface area is 294 Å². The minimum atomic E-state index is -0.426. The molecule has 50 heavy (non-hydrogen) atoms. The van der Waals surface area contributed by atoms with Gasteiger partial charge in [0, 0.05) is 35.3 Å². The van der Waals surface area contributed by atoms with Gasteiger partial charge in [-0.2, -0.15) is 0 Å². The molecule has 4 aromatic rings. The number of ether oxygens (including phenoxy) is 2. The first-order chi connectivity index (χ1) is 24.5.